The third kappa shape index (κ3) is 2.80. The molecule has 0 aromatic carbocycles. The van der Waals surface area contributed by atoms with E-state index in [-0.39, 0.29) is 4.90 Å². The Balaban J connectivity index is 2.66. The molecule has 0 N–H and O–H groups in total. The van der Waals surface area contributed by atoms with Crippen molar-refractivity contribution in [1.29, 1.82) is 0 Å². The second-order valence-electron chi connectivity index (χ2n) is 1.70. The summed E-state index contributed by atoms with van der Waals surface area (Å²) in [5, 5.41) is 0. The van der Waals surface area contributed by atoms with Gasteiger partial charge in [-0.25, -0.2) is 4.98 Å². The normalized spacial score (nSPS) is 10.5. The van der Waals surface area contributed by atoms with Gasteiger partial charge in [0.25, 0.3) is 5.76 Å². The highest BCUT2D eigenvalue weighted by Crippen LogP contribution is 2.23. The summed E-state index contributed by atoms with van der Waals surface area (Å²) < 4.78 is 35.4. The van der Waals surface area contributed by atoms with E-state index < -0.39 is 11.7 Å². The highest BCUT2D eigenvalue weighted by molar-refractivity contribution is 7.99. The Morgan fingerprint density at radius 3 is 2.55 bits per heavy atom. The molecule has 5 heteroatoms. The largest absolute Gasteiger partial charge is 0.288 e. The standard InChI is InChI=1S/C6H4F3NS/c7-5-2-1-4(3-10-5)11-6(8)9/h1-3,6H. The van der Waals surface area contributed by atoms with Crippen LogP contribution in [0, 0.1) is 5.95 Å². The van der Waals surface area contributed by atoms with Gasteiger partial charge in [0.1, 0.15) is 0 Å². The van der Waals surface area contributed by atoms with Crippen LogP contribution >= 0.6 is 11.8 Å². The molecule has 0 fully saturated rings. The molecule has 0 saturated carbocycles. The van der Waals surface area contributed by atoms with Crippen LogP contribution in [0.5, 0.6) is 0 Å². The van der Waals surface area contributed by atoms with Crippen molar-refractivity contribution < 1.29 is 13.2 Å². The Morgan fingerprint density at radius 1 is 1.36 bits per heavy atom. The molecule has 1 heterocycles. The van der Waals surface area contributed by atoms with Gasteiger partial charge in [-0.3, -0.25) is 0 Å². The van der Waals surface area contributed by atoms with Gasteiger partial charge in [-0.1, -0.05) is 11.8 Å². The minimum absolute atomic E-state index is 0.265. The summed E-state index contributed by atoms with van der Waals surface area (Å²) in [6, 6.07) is 2.31. The van der Waals surface area contributed by atoms with Crippen LogP contribution in [0.2, 0.25) is 0 Å². The van der Waals surface area contributed by atoms with Gasteiger partial charge in [0.05, 0.1) is 0 Å². The van der Waals surface area contributed by atoms with Crippen molar-refractivity contribution in [2.24, 2.45) is 0 Å². The predicted molar refractivity (Wildman–Crippen MR) is 36.1 cm³/mol. The first-order valence-electron chi connectivity index (χ1n) is 2.75. The molecule has 60 valence electrons. The second kappa shape index (κ2) is 3.61. The van der Waals surface area contributed by atoms with Crippen LogP contribution in [-0.4, -0.2) is 10.7 Å². The molecule has 0 saturated heterocycles. The number of alkyl halides is 2. The Labute approximate surface area is 65.6 Å². The van der Waals surface area contributed by atoms with Gasteiger partial charge in [-0.05, 0) is 12.1 Å². The number of aromatic nitrogens is 1. The van der Waals surface area contributed by atoms with Crippen LogP contribution in [0.15, 0.2) is 23.2 Å². The summed E-state index contributed by atoms with van der Waals surface area (Å²) in [5.74, 6) is -3.15. The summed E-state index contributed by atoms with van der Waals surface area (Å²) in [6.45, 7) is 0. The zero-order chi connectivity index (χ0) is 8.27. The van der Waals surface area contributed by atoms with E-state index in [1.807, 2.05) is 0 Å². The highest BCUT2D eigenvalue weighted by atomic mass is 32.2. The van der Waals surface area contributed by atoms with Gasteiger partial charge in [0.2, 0.25) is 5.95 Å². The number of nitrogens with zero attached hydrogens (tertiary/aromatic N) is 1. The lowest BCUT2D eigenvalue weighted by atomic mass is 10.5. The van der Waals surface area contributed by atoms with Crippen molar-refractivity contribution in [3.8, 4) is 0 Å². The van der Waals surface area contributed by atoms with Crippen LogP contribution in [-0.2, 0) is 0 Å². The number of pyridine rings is 1. The lowest BCUT2D eigenvalue weighted by Crippen LogP contribution is -1.84. The van der Waals surface area contributed by atoms with Gasteiger partial charge >= 0.3 is 0 Å². The maximum atomic E-state index is 12.1. The first-order chi connectivity index (χ1) is 5.18. The Bertz CT molecular complexity index is 224. The van der Waals surface area contributed by atoms with E-state index in [9.17, 15) is 13.2 Å². The minimum Gasteiger partial charge on any atom is -0.227 e. The highest BCUT2D eigenvalue weighted by Gasteiger charge is 2.04. The molecule has 0 unspecified atom stereocenters. The average molecular weight is 179 g/mol. The molecular formula is C6H4F3NS. The van der Waals surface area contributed by atoms with E-state index in [1.165, 1.54) is 6.07 Å². The van der Waals surface area contributed by atoms with Crippen molar-refractivity contribution in [3.05, 3.63) is 24.3 Å². The molecule has 0 amide bonds. The Hall–Kier alpha value is -0.710. The minimum atomic E-state index is -2.48. The number of hydrogen-bond donors (Lipinski definition) is 0. The molecule has 0 aliphatic rings. The predicted octanol–water partition coefficient (Wildman–Crippen LogP) is 2.54. The summed E-state index contributed by atoms with van der Waals surface area (Å²) in [7, 11) is 0. The summed E-state index contributed by atoms with van der Waals surface area (Å²) in [6.07, 6.45) is 1.08. The van der Waals surface area contributed by atoms with Crippen molar-refractivity contribution in [2.45, 2.75) is 10.7 Å². The third-order valence-corrected chi connectivity index (χ3v) is 1.62. The fourth-order valence-electron chi connectivity index (χ4n) is 0.535. The molecule has 1 rings (SSSR count). The fraction of sp³-hybridized carbons (Fsp3) is 0.167. The lowest BCUT2D eigenvalue weighted by molar-refractivity contribution is 0.252. The third-order valence-electron chi connectivity index (χ3n) is 0.925. The van der Waals surface area contributed by atoms with Crippen LogP contribution in [0.3, 0.4) is 0 Å². The van der Waals surface area contributed by atoms with E-state index in [0.717, 1.165) is 12.3 Å². The molecule has 1 nitrogen and oxygen atoms in total. The molecular weight excluding hydrogens is 175 g/mol. The maximum Gasteiger partial charge on any atom is 0.288 e. The Kier molecular flexibility index (Phi) is 2.76. The van der Waals surface area contributed by atoms with Gasteiger partial charge < -0.3 is 0 Å². The topological polar surface area (TPSA) is 12.9 Å². The summed E-state index contributed by atoms with van der Waals surface area (Å²) in [5.41, 5.74) is 0. The van der Waals surface area contributed by atoms with Crippen molar-refractivity contribution in [1.82, 2.24) is 4.98 Å². The maximum absolute atomic E-state index is 12.1. The van der Waals surface area contributed by atoms with E-state index >= 15 is 0 Å². The van der Waals surface area contributed by atoms with Crippen molar-refractivity contribution >= 4 is 11.8 Å². The quantitative estimate of drug-likeness (QED) is 0.511. The fourth-order valence-corrected chi connectivity index (χ4v) is 1.00. The molecule has 0 atom stereocenters. The number of rotatable bonds is 2. The molecule has 11 heavy (non-hydrogen) atoms. The van der Waals surface area contributed by atoms with E-state index in [2.05, 4.69) is 4.98 Å². The average Bonchev–Trinajstić information content (AvgIpc) is 1.93. The monoisotopic (exact) mass is 179 g/mol. The van der Waals surface area contributed by atoms with E-state index in [0.29, 0.717) is 11.8 Å². The van der Waals surface area contributed by atoms with E-state index in [1.54, 1.807) is 0 Å². The zero-order valence-electron chi connectivity index (χ0n) is 5.30. The second-order valence-corrected chi connectivity index (χ2v) is 2.76. The zero-order valence-corrected chi connectivity index (χ0v) is 6.12. The first-order valence-corrected chi connectivity index (χ1v) is 3.63. The van der Waals surface area contributed by atoms with Gasteiger partial charge in [-0.2, -0.15) is 13.2 Å². The van der Waals surface area contributed by atoms with Crippen LogP contribution in [0.25, 0.3) is 0 Å². The summed E-state index contributed by atoms with van der Waals surface area (Å²) >= 11 is 0.345. The summed E-state index contributed by atoms with van der Waals surface area (Å²) in [4.78, 5) is 3.48. The lowest BCUT2D eigenvalue weighted by Gasteiger charge is -1.96. The molecule has 0 aliphatic carbocycles. The van der Waals surface area contributed by atoms with Gasteiger partial charge in [-0.15, -0.1) is 0 Å². The molecule has 1 aromatic rings. The SMILES string of the molecule is Fc1ccc(SC(F)F)cn1. The van der Waals surface area contributed by atoms with Gasteiger partial charge in [0.15, 0.2) is 0 Å². The molecule has 0 aliphatic heterocycles. The Morgan fingerprint density at radius 2 is 2.09 bits per heavy atom. The van der Waals surface area contributed by atoms with Crippen LogP contribution in [0.4, 0.5) is 13.2 Å². The molecule has 1 aromatic heterocycles. The van der Waals surface area contributed by atoms with Crippen LogP contribution < -0.4 is 0 Å². The molecule has 0 bridgehead atoms. The van der Waals surface area contributed by atoms with Crippen molar-refractivity contribution in [3.63, 3.8) is 0 Å². The van der Waals surface area contributed by atoms with Crippen LogP contribution in [0.1, 0.15) is 0 Å². The number of thioether (sulfide) groups is 1. The van der Waals surface area contributed by atoms with Crippen molar-refractivity contribution in [2.75, 3.05) is 0 Å². The first kappa shape index (κ1) is 8.39. The van der Waals surface area contributed by atoms with E-state index in [4.69, 9.17) is 0 Å². The van der Waals surface area contributed by atoms with Gasteiger partial charge in [0, 0.05) is 11.1 Å². The smallest absolute Gasteiger partial charge is 0.227 e. The number of hydrogen-bond acceptors (Lipinski definition) is 2. The molecule has 0 spiro atoms. The number of halogens is 3. The molecule has 0 radical (unpaired) electrons.